The Kier molecular flexibility index (Phi) is 3.97. The van der Waals surface area contributed by atoms with Crippen molar-refractivity contribution in [3.8, 4) is 0 Å². The summed E-state index contributed by atoms with van der Waals surface area (Å²) < 4.78 is 0. The van der Waals surface area contributed by atoms with Gasteiger partial charge in [-0.15, -0.1) is 0 Å². The number of piperidine rings is 1. The van der Waals surface area contributed by atoms with E-state index in [1.54, 1.807) is 0 Å². The van der Waals surface area contributed by atoms with Crippen LogP contribution >= 0.6 is 0 Å². The molecular weight excluding hydrogens is 236 g/mol. The maximum absolute atomic E-state index is 5.56. The van der Waals surface area contributed by atoms with Crippen molar-refractivity contribution in [1.82, 2.24) is 9.97 Å². The van der Waals surface area contributed by atoms with Gasteiger partial charge in [-0.1, -0.05) is 12.8 Å². The molecule has 1 saturated heterocycles. The van der Waals surface area contributed by atoms with Gasteiger partial charge in [-0.2, -0.15) is 0 Å². The van der Waals surface area contributed by atoms with Gasteiger partial charge in [0.25, 0.3) is 0 Å². The highest BCUT2D eigenvalue weighted by Crippen LogP contribution is 2.36. The number of nitrogens with zero attached hydrogens (tertiary/aromatic N) is 3. The average Bonchev–Trinajstić information content (AvgIpc) is 2.48. The van der Waals surface area contributed by atoms with Gasteiger partial charge < -0.3 is 10.6 Å². The van der Waals surface area contributed by atoms with Crippen LogP contribution in [0.15, 0.2) is 12.4 Å². The smallest absolute Gasteiger partial charge is 0.225 e. The first-order valence-corrected chi connectivity index (χ1v) is 7.66. The number of aromatic nitrogens is 2. The highest BCUT2D eigenvalue weighted by Gasteiger charge is 2.34. The molecule has 0 aromatic carbocycles. The number of hydrogen-bond donors (Lipinski definition) is 1. The SMILES string of the molecule is NCCc1cnc(N2CCC[C@H]3CCCC[C@H]32)nc1. The summed E-state index contributed by atoms with van der Waals surface area (Å²) in [5, 5.41) is 0. The molecule has 0 amide bonds. The van der Waals surface area contributed by atoms with Crippen LogP contribution in [0.3, 0.4) is 0 Å². The average molecular weight is 260 g/mol. The Hall–Kier alpha value is -1.16. The molecule has 2 fully saturated rings. The Morgan fingerprint density at radius 2 is 1.84 bits per heavy atom. The maximum atomic E-state index is 5.56. The number of rotatable bonds is 3. The van der Waals surface area contributed by atoms with Crippen LogP contribution in [0.5, 0.6) is 0 Å². The molecule has 0 radical (unpaired) electrons. The van der Waals surface area contributed by atoms with Crippen LogP contribution < -0.4 is 10.6 Å². The monoisotopic (exact) mass is 260 g/mol. The lowest BCUT2D eigenvalue weighted by Crippen LogP contribution is -2.47. The van der Waals surface area contributed by atoms with E-state index in [9.17, 15) is 0 Å². The highest BCUT2D eigenvalue weighted by molar-refractivity contribution is 5.33. The predicted octanol–water partition coefficient (Wildman–Crippen LogP) is 2.14. The van der Waals surface area contributed by atoms with E-state index in [1.165, 1.54) is 38.5 Å². The van der Waals surface area contributed by atoms with E-state index >= 15 is 0 Å². The van der Waals surface area contributed by atoms with Crippen LogP contribution in [-0.2, 0) is 6.42 Å². The quantitative estimate of drug-likeness (QED) is 0.904. The molecule has 1 aliphatic heterocycles. The summed E-state index contributed by atoms with van der Waals surface area (Å²) in [4.78, 5) is 11.6. The van der Waals surface area contributed by atoms with E-state index in [2.05, 4.69) is 14.9 Å². The third kappa shape index (κ3) is 2.73. The van der Waals surface area contributed by atoms with E-state index in [1.807, 2.05) is 12.4 Å². The summed E-state index contributed by atoms with van der Waals surface area (Å²) in [7, 11) is 0. The second-order valence-electron chi connectivity index (χ2n) is 5.88. The van der Waals surface area contributed by atoms with Gasteiger partial charge in [-0.25, -0.2) is 9.97 Å². The number of anilines is 1. The van der Waals surface area contributed by atoms with Crippen molar-refractivity contribution in [1.29, 1.82) is 0 Å². The first-order valence-electron chi connectivity index (χ1n) is 7.66. The standard InChI is InChI=1S/C15H24N4/c16-8-7-12-10-17-15(18-11-12)19-9-3-5-13-4-1-2-6-14(13)19/h10-11,13-14H,1-9,16H2/t13-,14-/m1/s1. The lowest BCUT2D eigenvalue weighted by Gasteiger charge is -2.44. The molecule has 0 spiro atoms. The second-order valence-corrected chi connectivity index (χ2v) is 5.88. The molecule has 1 aromatic heterocycles. The zero-order valence-corrected chi connectivity index (χ0v) is 11.6. The van der Waals surface area contributed by atoms with Crippen LogP contribution in [0.25, 0.3) is 0 Å². The molecule has 1 aliphatic carbocycles. The fraction of sp³-hybridized carbons (Fsp3) is 0.733. The Morgan fingerprint density at radius 1 is 1.11 bits per heavy atom. The van der Waals surface area contributed by atoms with E-state index in [4.69, 9.17) is 5.73 Å². The summed E-state index contributed by atoms with van der Waals surface area (Å²) in [5.41, 5.74) is 6.70. The number of fused-ring (bicyclic) bond motifs is 1. The van der Waals surface area contributed by atoms with Gasteiger partial charge in [0.15, 0.2) is 0 Å². The van der Waals surface area contributed by atoms with Crippen LogP contribution in [-0.4, -0.2) is 29.1 Å². The zero-order valence-electron chi connectivity index (χ0n) is 11.6. The molecule has 2 heterocycles. The number of nitrogens with two attached hydrogens (primary N) is 1. The molecule has 1 aromatic rings. The van der Waals surface area contributed by atoms with E-state index in [0.717, 1.165) is 30.4 Å². The van der Waals surface area contributed by atoms with Crippen molar-refractivity contribution in [2.24, 2.45) is 11.7 Å². The molecule has 0 unspecified atom stereocenters. The molecule has 104 valence electrons. The van der Waals surface area contributed by atoms with Gasteiger partial charge in [-0.05, 0) is 50.1 Å². The van der Waals surface area contributed by atoms with Gasteiger partial charge in [-0.3, -0.25) is 0 Å². The fourth-order valence-electron chi connectivity index (χ4n) is 3.67. The molecule has 2 atom stereocenters. The van der Waals surface area contributed by atoms with Crippen LogP contribution in [0, 0.1) is 5.92 Å². The lowest BCUT2D eigenvalue weighted by molar-refractivity contribution is 0.241. The highest BCUT2D eigenvalue weighted by atomic mass is 15.3. The minimum absolute atomic E-state index is 0.664. The summed E-state index contributed by atoms with van der Waals surface area (Å²) in [6, 6.07) is 0.683. The third-order valence-corrected chi connectivity index (χ3v) is 4.62. The van der Waals surface area contributed by atoms with Crippen molar-refractivity contribution >= 4 is 5.95 Å². The van der Waals surface area contributed by atoms with E-state index < -0.39 is 0 Å². The van der Waals surface area contributed by atoms with E-state index in [-0.39, 0.29) is 0 Å². The maximum Gasteiger partial charge on any atom is 0.225 e. The Balaban J connectivity index is 1.75. The Labute approximate surface area is 115 Å². The third-order valence-electron chi connectivity index (χ3n) is 4.62. The Morgan fingerprint density at radius 3 is 2.63 bits per heavy atom. The topological polar surface area (TPSA) is 55.0 Å². The minimum atomic E-state index is 0.664. The van der Waals surface area contributed by atoms with Gasteiger partial charge >= 0.3 is 0 Å². The molecule has 2 aliphatic rings. The first kappa shape index (κ1) is 12.9. The van der Waals surface area contributed by atoms with Crippen molar-refractivity contribution in [3.05, 3.63) is 18.0 Å². The van der Waals surface area contributed by atoms with Gasteiger partial charge in [0.1, 0.15) is 0 Å². The summed E-state index contributed by atoms with van der Waals surface area (Å²) >= 11 is 0. The second kappa shape index (κ2) is 5.87. The molecule has 3 rings (SSSR count). The van der Waals surface area contributed by atoms with Crippen molar-refractivity contribution in [2.75, 3.05) is 18.0 Å². The van der Waals surface area contributed by atoms with Gasteiger partial charge in [0.2, 0.25) is 5.95 Å². The molecule has 4 heteroatoms. The first-order chi connectivity index (χ1) is 9.38. The molecule has 19 heavy (non-hydrogen) atoms. The van der Waals surface area contributed by atoms with Crippen molar-refractivity contribution < 1.29 is 0 Å². The molecule has 4 nitrogen and oxygen atoms in total. The molecule has 2 N–H and O–H groups in total. The molecule has 0 bridgehead atoms. The number of hydrogen-bond acceptors (Lipinski definition) is 4. The Bertz CT molecular complexity index is 401. The van der Waals surface area contributed by atoms with Gasteiger partial charge in [0.05, 0.1) is 0 Å². The largest absolute Gasteiger partial charge is 0.338 e. The zero-order chi connectivity index (χ0) is 13.1. The molecule has 1 saturated carbocycles. The van der Waals surface area contributed by atoms with E-state index in [0.29, 0.717) is 12.6 Å². The summed E-state index contributed by atoms with van der Waals surface area (Å²) in [5.74, 6) is 1.80. The van der Waals surface area contributed by atoms with Crippen LogP contribution in [0.2, 0.25) is 0 Å². The predicted molar refractivity (Wildman–Crippen MR) is 77.1 cm³/mol. The summed E-state index contributed by atoms with van der Waals surface area (Å²) in [6.45, 7) is 1.79. The fourth-order valence-corrected chi connectivity index (χ4v) is 3.67. The van der Waals surface area contributed by atoms with Gasteiger partial charge in [0, 0.05) is 25.0 Å². The van der Waals surface area contributed by atoms with Crippen LogP contribution in [0.1, 0.15) is 44.1 Å². The van der Waals surface area contributed by atoms with Crippen molar-refractivity contribution in [2.45, 2.75) is 51.0 Å². The minimum Gasteiger partial charge on any atom is -0.338 e. The summed E-state index contributed by atoms with van der Waals surface area (Å²) in [6.07, 6.45) is 12.9. The van der Waals surface area contributed by atoms with Crippen LogP contribution in [0.4, 0.5) is 5.95 Å². The normalized spacial score (nSPS) is 27.1. The lowest BCUT2D eigenvalue weighted by atomic mass is 9.78. The molecular formula is C15H24N4. The van der Waals surface area contributed by atoms with Crippen molar-refractivity contribution in [3.63, 3.8) is 0 Å².